The van der Waals surface area contributed by atoms with E-state index in [4.69, 9.17) is 15.2 Å². The standard InChI is InChI=1S/C11H13N5O2/c1-17-5-7-3-9(12)16-11(15-7)8-4-10(18-2)14-6-13-8/h3-4,6H,5H2,1-2H3,(H2,12,15,16). The molecular formula is C11H13N5O2. The van der Waals surface area contributed by atoms with Crippen LogP contribution in [0, 0.1) is 0 Å². The zero-order valence-corrected chi connectivity index (χ0v) is 10.1. The zero-order valence-electron chi connectivity index (χ0n) is 10.1. The van der Waals surface area contributed by atoms with Gasteiger partial charge in [-0.25, -0.2) is 19.9 Å². The molecule has 2 aromatic rings. The van der Waals surface area contributed by atoms with Gasteiger partial charge in [0.1, 0.15) is 17.8 Å². The summed E-state index contributed by atoms with van der Waals surface area (Å²) in [6.07, 6.45) is 1.39. The van der Waals surface area contributed by atoms with Crippen molar-refractivity contribution in [2.24, 2.45) is 0 Å². The Morgan fingerprint density at radius 2 is 2.00 bits per heavy atom. The highest BCUT2D eigenvalue weighted by Crippen LogP contribution is 2.17. The lowest BCUT2D eigenvalue weighted by Crippen LogP contribution is -2.02. The molecule has 0 fully saturated rings. The number of anilines is 1. The molecule has 0 amide bonds. The second-order valence-corrected chi connectivity index (χ2v) is 3.49. The van der Waals surface area contributed by atoms with Crippen molar-refractivity contribution in [2.45, 2.75) is 6.61 Å². The highest BCUT2D eigenvalue weighted by Gasteiger charge is 2.08. The Hall–Kier alpha value is -2.28. The molecule has 7 nitrogen and oxygen atoms in total. The van der Waals surface area contributed by atoms with E-state index in [1.807, 2.05) is 0 Å². The van der Waals surface area contributed by atoms with Gasteiger partial charge in [-0.1, -0.05) is 0 Å². The molecule has 0 aliphatic heterocycles. The summed E-state index contributed by atoms with van der Waals surface area (Å²) < 4.78 is 10.0. The van der Waals surface area contributed by atoms with Crippen LogP contribution in [-0.2, 0) is 11.3 Å². The van der Waals surface area contributed by atoms with E-state index in [2.05, 4.69) is 19.9 Å². The van der Waals surface area contributed by atoms with E-state index in [1.165, 1.54) is 13.4 Å². The van der Waals surface area contributed by atoms with E-state index in [1.54, 1.807) is 19.2 Å². The normalized spacial score (nSPS) is 10.3. The number of aromatic nitrogens is 4. The van der Waals surface area contributed by atoms with Gasteiger partial charge in [0, 0.05) is 19.2 Å². The number of nitrogens with zero attached hydrogens (tertiary/aromatic N) is 4. The third kappa shape index (κ3) is 2.69. The molecule has 2 N–H and O–H groups in total. The van der Waals surface area contributed by atoms with Crippen molar-refractivity contribution in [1.82, 2.24) is 19.9 Å². The summed E-state index contributed by atoms with van der Waals surface area (Å²) in [6, 6.07) is 3.30. The van der Waals surface area contributed by atoms with Gasteiger partial charge in [0.15, 0.2) is 5.82 Å². The minimum atomic E-state index is 0.363. The van der Waals surface area contributed by atoms with E-state index in [0.29, 0.717) is 35.5 Å². The SMILES string of the molecule is COCc1cc(N)nc(-c2cc(OC)ncn2)n1. The van der Waals surface area contributed by atoms with Gasteiger partial charge >= 0.3 is 0 Å². The van der Waals surface area contributed by atoms with Crippen LogP contribution in [0.4, 0.5) is 5.82 Å². The Morgan fingerprint density at radius 1 is 1.17 bits per heavy atom. The summed E-state index contributed by atoms with van der Waals surface area (Å²) in [6.45, 7) is 0.363. The minimum absolute atomic E-state index is 0.363. The fourth-order valence-electron chi connectivity index (χ4n) is 1.43. The number of methoxy groups -OCH3 is 2. The number of nitrogens with two attached hydrogens (primary N) is 1. The first-order valence-corrected chi connectivity index (χ1v) is 5.21. The van der Waals surface area contributed by atoms with Crippen LogP contribution in [0.1, 0.15) is 5.69 Å². The maximum Gasteiger partial charge on any atom is 0.216 e. The van der Waals surface area contributed by atoms with Crippen LogP contribution >= 0.6 is 0 Å². The smallest absolute Gasteiger partial charge is 0.216 e. The van der Waals surface area contributed by atoms with Gasteiger partial charge in [0.2, 0.25) is 5.88 Å². The first-order valence-electron chi connectivity index (χ1n) is 5.21. The van der Waals surface area contributed by atoms with Gasteiger partial charge in [0.05, 0.1) is 19.4 Å². The third-order valence-electron chi connectivity index (χ3n) is 2.17. The molecule has 2 rings (SSSR count). The summed E-state index contributed by atoms with van der Waals surface area (Å²) in [5.74, 6) is 1.23. The Balaban J connectivity index is 2.42. The van der Waals surface area contributed by atoms with Gasteiger partial charge < -0.3 is 15.2 Å². The lowest BCUT2D eigenvalue weighted by atomic mass is 10.3. The van der Waals surface area contributed by atoms with E-state index in [9.17, 15) is 0 Å². The minimum Gasteiger partial charge on any atom is -0.481 e. The predicted molar refractivity (Wildman–Crippen MR) is 64.7 cm³/mol. The number of nitrogen functional groups attached to an aromatic ring is 1. The van der Waals surface area contributed by atoms with Crippen molar-refractivity contribution in [3.8, 4) is 17.4 Å². The fourth-order valence-corrected chi connectivity index (χ4v) is 1.43. The number of rotatable bonds is 4. The van der Waals surface area contributed by atoms with Crippen molar-refractivity contribution in [1.29, 1.82) is 0 Å². The van der Waals surface area contributed by atoms with E-state index >= 15 is 0 Å². The van der Waals surface area contributed by atoms with E-state index in [-0.39, 0.29) is 0 Å². The van der Waals surface area contributed by atoms with Crippen molar-refractivity contribution < 1.29 is 9.47 Å². The molecule has 0 spiro atoms. The second-order valence-electron chi connectivity index (χ2n) is 3.49. The largest absolute Gasteiger partial charge is 0.481 e. The zero-order chi connectivity index (χ0) is 13.0. The highest BCUT2D eigenvalue weighted by atomic mass is 16.5. The van der Waals surface area contributed by atoms with Crippen LogP contribution < -0.4 is 10.5 Å². The van der Waals surface area contributed by atoms with Crippen molar-refractivity contribution in [3.05, 3.63) is 24.2 Å². The Bertz CT molecular complexity index is 547. The highest BCUT2D eigenvalue weighted by molar-refractivity contribution is 5.53. The first kappa shape index (κ1) is 12.2. The average molecular weight is 247 g/mol. The Morgan fingerprint density at radius 3 is 2.72 bits per heavy atom. The summed E-state index contributed by atoms with van der Waals surface area (Å²) in [7, 11) is 3.12. The molecule has 0 saturated heterocycles. The molecule has 0 aliphatic rings. The van der Waals surface area contributed by atoms with Gasteiger partial charge in [-0.05, 0) is 0 Å². The molecule has 94 valence electrons. The van der Waals surface area contributed by atoms with Crippen LogP contribution in [0.25, 0.3) is 11.5 Å². The average Bonchev–Trinajstić information content (AvgIpc) is 2.38. The summed E-state index contributed by atoms with van der Waals surface area (Å²) in [5.41, 5.74) is 6.96. The van der Waals surface area contributed by atoms with E-state index < -0.39 is 0 Å². The molecule has 18 heavy (non-hydrogen) atoms. The number of ether oxygens (including phenoxy) is 2. The molecule has 0 radical (unpaired) electrons. The molecule has 2 heterocycles. The second kappa shape index (κ2) is 5.37. The maximum absolute atomic E-state index is 5.72. The molecule has 0 atom stereocenters. The van der Waals surface area contributed by atoms with Crippen LogP contribution in [0.5, 0.6) is 5.88 Å². The molecule has 0 aliphatic carbocycles. The Kier molecular flexibility index (Phi) is 3.63. The predicted octanol–water partition coefficient (Wildman–Crippen LogP) is 0.671. The number of hydrogen-bond donors (Lipinski definition) is 1. The van der Waals surface area contributed by atoms with Crippen LogP contribution in [0.2, 0.25) is 0 Å². The fraction of sp³-hybridized carbons (Fsp3) is 0.273. The lowest BCUT2D eigenvalue weighted by Gasteiger charge is -2.05. The van der Waals surface area contributed by atoms with Crippen LogP contribution in [0.15, 0.2) is 18.5 Å². The summed E-state index contributed by atoms with van der Waals surface area (Å²) in [5, 5.41) is 0. The Labute approximate surface area is 104 Å². The molecule has 7 heteroatoms. The number of hydrogen-bond acceptors (Lipinski definition) is 7. The summed E-state index contributed by atoms with van der Waals surface area (Å²) in [4.78, 5) is 16.4. The molecule has 0 unspecified atom stereocenters. The summed E-state index contributed by atoms with van der Waals surface area (Å²) >= 11 is 0. The van der Waals surface area contributed by atoms with Crippen LogP contribution in [0.3, 0.4) is 0 Å². The molecular weight excluding hydrogens is 234 g/mol. The maximum atomic E-state index is 5.72. The molecule has 0 saturated carbocycles. The van der Waals surface area contributed by atoms with Gasteiger partial charge in [0.25, 0.3) is 0 Å². The van der Waals surface area contributed by atoms with Gasteiger partial charge in [-0.15, -0.1) is 0 Å². The molecule has 0 aromatic carbocycles. The van der Waals surface area contributed by atoms with Gasteiger partial charge in [-0.3, -0.25) is 0 Å². The first-order chi connectivity index (χ1) is 8.72. The van der Waals surface area contributed by atoms with Crippen molar-refractivity contribution in [3.63, 3.8) is 0 Å². The van der Waals surface area contributed by atoms with Gasteiger partial charge in [-0.2, -0.15) is 0 Å². The van der Waals surface area contributed by atoms with Crippen molar-refractivity contribution in [2.75, 3.05) is 20.0 Å². The lowest BCUT2D eigenvalue weighted by molar-refractivity contribution is 0.181. The quantitative estimate of drug-likeness (QED) is 0.848. The van der Waals surface area contributed by atoms with Crippen LogP contribution in [-0.4, -0.2) is 34.2 Å². The van der Waals surface area contributed by atoms with E-state index in [0.717, 1.165) is 0 Å². The van der Waals surface area contributed by atoms with Crippen molar-refractivity contribution >= 4 is 5.82 Å². The molecule has 2 aromatic heterocycles. The third-order valence-corrected chi connectivity index (χ3v) is 2.17. The molecule has 0 bridgehead atoms. The topological polar surface area (TPSA) is 96.0 Å². The monoisotopic (exact) mass is 247 g/mol.